The highest BCUT2D eigenvalue weighted by molar-refractivity contribution is 7.89. The molecule has 0 unspecified atom stereocenters. The zero-order valence-corrected chi connectivity index (χ0v) is 18.3. The molecule has 1 fully saturated rings. The fourth-order valence-electron chi connectivity index (χ4n) is 3.43. The summed E-state index contributed by atoms with van der Waals surface area (Å²) in [7, 11) is -3.69. The van der Waals surface area contributed by atoms with Crippen LogP contribution in [0.2, 0.25) is 0 Å². The van der Waals surface area contributed by atoms with E-state index in [1.807, 2.05) is 30.3 Å². The number of sulfonamides is 1. The maximum absolute atomic E-state index is 12.7. The first kappa shape index (κ1) is 22.0. The number of nitrogens with zero attached hydrogens (tertiary/aromatic N) is 1. The van der Waals surface area contributed by atoms with E-state index in [4.69, 9.17) is 4.74 Å². The van der Waals surface area contributed by atoms with Crippen molar-refractivity contribution in [3.63, 3.8) is 0 Å². The average molecular weight is 452 g/mol. The summed E-state index contributed by atoms with van der Waals surface area (Å²) in [6.07, 6.45) is 0. The minimum absolute atomic E-state index is 0.0699. The Balaban J connectivity index is 1.39. The van der Waals surface area contributed by atoms with Gasteiger partial charge < -0.3 is 15.0 Å². The number of ether oxygens (including phenoxy) is 1. The number of amides is 1. The third kappa shape index (κ3) is 5.53. The summed E-state index contributed by atoms with van der Waals surface area (Å²) < 4.78 is 33.3. The molecule has 0 atom stereocenters. The van der Waals surface area contributed by atoms with Crippen molar-refractivity contribution in [1.29, 1.82) is 0 Å². The second-order valence-electron chi connectivity index (χ2n) is 7.44. The Labute approximate surface area is 188 Å². The molecule has 0 spiro atoms. The van der Waals surface area contributed by atoms with E-state index in [9.17, 15) is 13.2 Å². The Morgan fingerprint density at radius 2 is 1.56 bits per heavy atom. The lowest BCUT2D eigenvalue weighted by Gasteiger charge is -2.27. The van der Waals surface area contributed by atoms with Gasteiger partial charge >= 0.3 is 0 Å². The highest BCUT2D eigenvalue weighted by atomic mass is 32.2. The van der Waals surface area contributed by atoms with Crippen LogP contribution in [0.3, 0.4) is 0 Å². The number of nitrogens with one attached hydrogen (secondary N) is 2. The molecule has 3 aromatic carbocycles. The standard InChI is InChI=1S/C24H25N3O4S/c28-24(27-13-15-31-16-14-27)20-6-4-5-19(17-20)18-25-32(29,30)23-11-9-22(10-12-23)26-21-7-2-1-3-8-21/h1-12,17,25-26H,13-16,18H2. The second kappa shape index (κ2) is 9.95. The van der Waals surface area contributed by atoms with Crippen molar-refractivity contribution in [2.75, 3.05) is 31.6 Å². The van der Waals surface area contributed by atoms with Crippen LogP contribution in [-0.2, 0) is 21.3 Å². The third-order valence-corrected chi connectivity index (χ3v) is 6.58. The number of benzene rings is 3. The fourth-order valence-corrected chi connectivity index (χ4v) is 4.45. The van der Waals surface area contributed by atoms with Crippen LogP contribution in [0.5, 0.6) is 0 Å². The molecule has 4 rings (SSSR count). The highest BCUT2D eigenvalue weighted by Gasteiger charge is 2.19. The molecule has 0 radical (unpaired) electrons. The van der Waals surface area contributed by atoms with Crippen molar-refractivity contribution in [1.82, 2.24) is 9.62 Å². The van der Waals surface area contributed by atoms with Crippen molar-refractivity contribution in [2.24, 2.45) is 0 Å². The zero-order valence-electron chi connectivity index (χ0n) is 17.5. The van der Waals surface area contributed by atoms with Crippen molar-refractivity contribution < 1.29 is 17.9 Å². The summed E-state index contributed by atoms with van der Waals surface area (Å²) in [5.41, 5.74) is 2.98. The van der Waals surface area contributed by atoms with Crippen LogP contribution < -0.4 is 10.0 Å². The highest BCUT2D eigenvalue weighted by Crippen LogP contribution is 2.19. The number of carbonyl (C=O) groups is 1. The van der Waals surface area contributed by atoms with Crippen LogP contribution in [-0.4, -0.2) is 45.5 Å². The molecule has 0 aromatic heterocycles. The van der Waals surface area contributed by atoms with Gasteiger partial charge in [0.1, 0.15) is 0 Å². The van der Waals surface area contributed by atoms with Gasteiger partial charge in [0, 0.05) is 36.6 Å². The minimum atomic E-state index is -3.69. The summed E-state index contributed by atoms with van der Waals surface area (Å²) >= 11 is 0. The van der Waals surface area contributed by atoms with E-state index in [0.717, 1.165) is 16.9 Å². The van der Waals surface area contributed by atoms with E-state index in [1.54, 1.807) is 53.4 Å². The average Bonchev–Trinajstić information content (AvgIpc) is 2.84. The summed E-state index contributed by atoms with van der Waals surface area (Å²) in [5, 5.41) is 3.23. The lowest BCUT2D eigenvalue weighted by Crippen LogP contribution is -2.40. The SMILES string of the molecule is O=C(c1cccc(CNS(=O)(=O)c2ccc(Nc3ccccc3)cc2)c1)N1CCOCC1. The molecule has 1 aliphatic rings. The molecule has 7 nitrogen and oxygen atoms in total. The monoisotopic (exact) mass is 451 g/mol. The quantitative estimate of drug-likeness (QED) is 0.575. The van der Waals surface area contributed by atoms with Crippen LogP contribution >= 0.6 is 0 Å². The summed E-state index contributed by atoms with van der Waals surface area (Å²) in [4.78, 5) is 14.6. The third-order valence-electron chi connectivity index (χ3n) is 5.17. The van der Waals surface area contributed by atoms with Gasteiger partial charge in [-0.05, 0) is 54.1 Å². The number of para-hydroxylation sites is 1. The summed E-state index contributed by atoms with van der Waals surface area (Å²) in [5.74, 6) is -0.0699. The van der Waals surface area contributed by atoms with Crippen molar-refractivity contribution >= 4 is 27.3 Å². The number of anilines is 2. The lowest BCUT2D eigenvalue weighted by molar-refractivity contribution is 0.0303. The van der Waals surface area contributed by atoms with Gasteiger partial charge in [0.2, 0.25) is 10.0 Å². The second-order valence-corrected chi connectivity index (χ2v) is 9.21. The maximum atomic E-state index is 12.7. The number of hydrogen-bond acceptors (Lipinski definition) is 5. The topological polar surface area (TPSA) is 87.7 Å². The van der Waals surface area contributed by atoms with Crippen molar-refractivity contribution in [2.45, 2.75) is 11.4 Å². The number of rotatable bonds is 7. The molecule has 166 valence electrons. The minimum Gasteiger partial charge on any atom is -0.378 e. The Kier molecular flexibility index (Phi) is 6.84. The van der Waals surface area contributed by atoms with Gasteiger partial charge in [0.25, 0.3) is 5.91 Å². The molecular weight excluding hydrogens is 426 g/mol. The largest absolute Gasteiger partial charge is 0.378 e. The predicted octanol–water partition coefficient (Wildman–Crippen LogP) is 3.38. The molecule has 0 bridgehead atoms. The van der Waals surface area contributed by atoms with Crippen LogP contribution in [0.1, 0.15) is 15.9 Å². The molecule has 1 aliphatic heterocycles. The number of carbonyl (C=O) groups excluding carboxylic acids is 1. The Morgan fingerprint density at radius 3 is 2.28 bits per heavy atom. The first-order valence-electron chi connectivity index (χ1n) is 10.4. The molecule has 8 heteroatoms. The summed E-state index contributed by atoms with van der Waals surface area (Å²) in [6, 6.07) is 23.3. The van der Waals surface area contributed by atoms with E-state index >= 15 is 0 Å². The number of hydrogen-bond donors (Lipinski definition) is 2. The van der Waals surface area contributed by atoms with Gasteiger partial charge in [-0.1, -0.05) is 30.3 Å². The van der Waals surface area contributed by atoms with Crippen LogP contribution in [0, 0.1) is 0 Å². The van der Waals surface area contributed by atoms with Crippen molar-refractivity contribution in [3.05, 3.63) is 90.0 Å². The number of morpholine rings is 1. The molecule has 1 amide bonds. The molecule has 0 saturated carbocycles. The van der Waals surface area contributed by atoms with Gasteiger partial charge in [-0.15, -0.1) is 0 Å². The van der Waals surface area contributed by atoms with Gasteiger partial charge in [0.15, 0.2) is 0 Å². The molecule has 0 aliphatic carbocycles. The first-order chi connectivity index (χ1) is 15.5. The molecule has 1 saturated heterocycles. The Hall–Kier alpha value is -3.20. The van der Waals surface area contributed by atoms with E-state index in [-0.39, 0.29) is 17.3 Å². The zero-order chi connectivity index (χ0) is 22.4. The molecule has 3 aromatic rings. The van der Waals surface area contributed by atoms with Crippen LogP contribution in [0.15, 0.2) is 83.8 Å². The molecular formula is C24H25N3O4S. The molecule has 1 heterocycles. The van der Waals surface area contributed by atoms with Gasteiger partial charge in [0.05, 0.1) is 18.1 Å². The fraction of sp³-hybridized carbons (Fsp3) is 0.208. The molecule has 32 heavy (non-hydrogen) atoms. The Bertz CT molecular complexity index is 1160. The predicted molar refractivity (Wildman–Crippen MR) is 123 cm³/mol. The molecule has 2 N–H and O–H groups in total. The van der Waals surface area contributed by atoms with Crippen molar-refractivity contribution in [3.8, 4) is 0 Å². The van der Waals surface area contributed by atoms with Crippen LogP contribution in [0.4, 0.5) is 11.4 Å². The maximum Gasteiger partial charge on any atom is 0.254 e. The lowest BCUT2D eigenvalue weighted by atomic mass is 10.1. The van der Waals surface area contributed by atoms with Gasteiger partial charge in [-0.3, -0.25) is 4.79 Å². The Morgan fingerprint density at radius 1 is 0.875 bits per heavy atom. The van der Waals surface area contributed by atoms with Crippen LogP contribution in [0.25, 0.3) is 0 Å². The smallest absolute Gasteiger partial charge is 0.254 e. The van der Waals surface area contributed by atoms with E-state index < -0.39 is 10.0 Å². The van der Waals surface area contributed by atoms with E-state index in [2.05, 4.69) is 10.0 Å². The van der Waals surface area contributed by atoms with E-state index in [0.29, 0.717) is 31.9 Å². The van der Waals surface area contributed by atoms with E-state index in [1.165, 1.54) is 0 Å². The first-order valence-corrected chi connectivity index (χ1v) is 11.9. The van der Waals surface area contributed by atoms with Gasteiger partial charge in [-0.25, -0.2) is 13.1 Å². The normalized spacial score (nSPS) is 14.2. The summed E-state index contributed by atoms with van der Waals surface area (Å²) in [6.45, 7) is 2.28. The van der Waals surface area contributed by atoms with Gasteiger partial charge in [-0.2, -0.15) is 0 Å².